The highest BCUT2D eigenvalue weighted by Crippen LogP contribution is 2.60. The second-order valence-corrected chi connectivity index (χ2v) is 7.99. The van der Waals surface area contributed by atoms with Crippen LogP contribution < -0.4 is 0 Å². The molecule has 1 saturated carbocycles. The van der Waals surface area contributed by atoms with Gasteiger partial charge in [-0.1, -0.05) is 26.3 Å². The number of carbonyl (C=O) groups is 2. The van der Waals surface area contributed by atoms with E-state index < -0.39 is 28.7 Å². The highest BCUT2D eigenvalue weighted by atomic mass is 16.7. The number of methoxy groups -OCH3 is 1. The maximum atomic E-state index is 12.8. The Bertz CT molecular complexity index is 615. The second kappa shape index (κ2) is 5.89. The van der Waals surface area contributed by atoms with Crippen molar-refractivity contribution in [1.82, 2.24) is 0 Å². The molecule has 1 N–H and O–H groups in total. The van der Waals surface area contributed by atoms with Crippen molar-refractivity contribution >= 4 is 11.8 Å². The lowest BCUT2D eigenvalue weighted by molar-refractivity contribution is -0.239. The number of ketones is 1. The van der Waals surface area contributed by atoms with Crippen LogP contribution in [-0.4, -0.2) is 48.6 Å². The zero-order valence-electron chi connectivity index (χ0n) is 15.6. The minimum Gasteiger partial charge on any atom is -0.467 e. The SMILES string of the molecule is COC(=O)C(C)(O)[C@H]1C(=O)C=C2CCC3(OCCO3)[C@H](C)[C@@]2(C)C1C. The average molecular weight is 352 g/mol. The number of carbonyl (C=O) groups excluding carboxylic acids is 2. The number of hydrogen-bond donors (Lipinski definition) is 1. The summed E-state index contributed by atoms with van der Waals surface area (Å²) in [7, 11) is 1.22. The van der Waals surface area contributed by atoms with E-state index in [9.17, 15) is 14.7 Å². The molecule has 140 valence electrons. The molecule has 5 atom stereocenters. The fourth-order valence-electron chi connectivity index (χ4n) is 5.26. The molecule has 2 unspecified atom stereocenters. The van der Waals surface area contributed by atoms with E-state index in [2.05, 4.69) is 13.8 Å². The Morgan fingerprint density at radius 2 is 1.96 bits per heavy atom. The molecular formula is C19H28O6. The normalized spacial score (nSPS) is 39.5. The van der Waals surface area contributed by atoms with Gasteiger partial charge in [0, 0.05) is 12.3 Å². The summed E-state index contributed by atoms with van der Waals surface area (Å²) >= 11 is 0. The standard InChI is InChI=1S/C19H28O6/c1-11-15(18(4,22)16(21)23-5)14(20)10-13-6-7-19(24-8-9-25-19)12(2)17(11,13)3/h10-12,15,22H,6-9H2,1-5H3/t11?,12-,15-,17-,18?/m1/s1. The van der Waals surface area contributed by atoms with E-state index in [0.29, 0.717) is 26.1 Å². The maximum absolute atomic E-state index is 12.8. The summed E-state index contributed by atoms with van der Waals surface area (Å²) in [4.78, 5) is 24.9. The van der Waals surface area contributed by atoms with Crippen molar-refractivity contribution in [3.8, 4) is 0 Å². The lowest BCUT2D eigenvalue weighted by Crippen LogP contribution is -2.61. The minimum atomic E-state index is -1.88. The monoisotopic (exact) mass is 352 g/mol. The van der Waals surface area contributed by atoms with Crippen LogP contribution in [-0.2, 0) is 23.8 Å². The Morgan fingerprint density at radius 3 is 2.52 bits per heavy atom. The van der Waals surface area contributed by atoms with E-state index in [1.54, 1.807) is 6.08 Å². The molecule has 3 aliphatic rings. The summed E-state index contributed by atoms with van der Waals surface area (Å²) < 4.78 is 16.7. The highest BCUT2D eigenvalue weighted by molar-refractivity contribution is 5.99. The number of aliphatic hydroxyl groups is 1. The molecule has 0 aromatic carbocycles. The molecule has 0 radical (unpaired) electrons. The second-order valence-electron chi connectivity index (χ2n) is 7.99. The Labute approximate surface area is 148 Å². The van der Waals surface area contributed by atoms with Crippen LogP contribution in [0.4, 0.5) is 0 Å². The van der Waals surface area contributed by atoms with Crippen molar-refractivity contribution in [2.45, 2.75) is 51.9 Å². The third kappa shape index (κ3) is 2.41. The summed E-state index contributed by atoms with van der Waals surface area (Å²) in [5.41, 5.74) is -1.24. The van der Waals surface area contributed by atoms with Crippen LogP contribution in [0, 0.1) is 23.2 Å². The molecule has 1 spiro atoms. The summed E-state index contributed by atoms with van der Waals surface area (Å²) in [5.74, 6) is -2.80. The van der Waals surface area contributed by atoms with Crippen molar-refractivity contribution < 1.29 is 28.9 Å². The fourth-order valence-corrected chi connectivity index (χ4v) is 5.26. The van der Waals surface area contributed by atoms with Gasteiger partial charge in [-0.25, -0.2) is 4.79 Å². The number of allylic oxidation sites excluding steroid dienone is 2. The summed E-state index contributed by atoms with van der Waals surface area (Å²) in [6.07, 6.45) is 3.05. The molecule has 1 aliphatic heterocycles. The van der Waals surface area contributed by atoms with E-state index in [0.717, 1.165) is 5.57 Å². The van der Waals surface area contributed by atoms with Crippen molar-refractivity contribution in [3.63, 3.8) is 0 Å². The molecule has 1 saturated heterocycles. The maximum Gasteiger partial charge on any atom is 0.338 e. The van der Waals surface area contributed by atoms with Gasteiger partial charge in [-0.05, 0) is 30.8 Å². The molecule has 0 aromatic rings. The lowest BCUT2D eigenvalue weighted by atomic mass is 9.50. The molecule has 2 aliphatic carbocycles. The van der Waals surface area contributed by atoms with Gasteiger partial charge in [0.25, 0.3) is 0 Å². The first kappa shape index (κ1) is 18.5. The van der Waals surface area contributed by atoms with E-state index in [1.165, 1.54) is 14.0 Å². The van der Waals surface area contributed by atoms with Crippen LogP contribution in [0.1, 0.15) is 40.5 Å². The van der Waals surface area contributed by atoms with E-state index in [4.69, 9.17) is 14.2 Å². The molecule has 25 heavy (non-hydrogen) atoms. The predicted molar refractivity (Wildman–Crippen MR) is 89.5 cm³/mol. The molecule has 2 fully saturated rings. The first-order valence-electron chi connectivity index (χ1n) is 8.95. The Balaban J connectivity index is 2.05. The minimum absolute atomic E-state index is 0.0125. The fraction of sp³-hybridized carbons (Fsp3) is 0.789. The number of esters is 1. The number of fused-ring (bicyclic) bond motifs is 1. The molecule has 0 amide bonds. The number of ether oxygens (including phenoxy) is 3. The molecule has 6 heteroatoms. The Kier molecular flexibility index (Phi) is 4.37. The number of rotatable bonds is 2. The molecule has 6 nitrogen and oxygen atoms in total. The Morgan fingerprint density at radius 1 is 1.36 bits per heavy atom. The third-order valence-corrected chi connectivity index (χ3v) is 7.04. The zero-order valence-corrected chi connectivity index (χ0v) is 15.6. The van der Waals surface area contributed by atoms with E-state index >= 15 is 0 Å². The number of hydrogen-bond acceptors (Lipinski definition) is 6. The molecule has 0 bridgehead atoms. The van der Waals surface area contributed by atoms with Gasteiger partial charge in [0.15, 0.2) is 17.2 Å². The van der Waals surface area contributed by atoms with Gasteiger partial charge in [0.1, 0.15) is 0 Å². The first-order chi connectivity index (χ1) is 11.6. The van der Waals surface area contributed by atoms with Gasteiger partial charge in [0.05, 0.1) is 26.2 Å². The van der Waals surface area contributed by atoms with Crippen molar-refractivity contribution in [3.05, 3.63) is 11.6 Å². The summed E-state index contributed by atoms with van der Waals surface area (Å²) in [6.45, 7) is 8.59. The van der Waals surface area contributed by atoms with Gasteiger partial charge in [0.2, 0.25) is 0 Å². The van der Waals surface area contributed by atoms with Gasteiger partial charge < -0.3 is 19.3 Å². The van der Waals surface area contributed by atoms with Crippen molar-refractivity contribution in [2.24, 2.45) is 23.2 Å². The third-order valence-electron chi connectivity index (χ3n) is 7.04. The van der Waals surface area contributed by atoms with E-state index in [1.807, 2.05) is 6.92 Å². The lowest BCUT2D eigenvalue weighted by Gasteiger charge is -2.57. The van der Waals surface area contributed by atoms with Crippen LogP contribution in [0.25, 0.3) is 0 Å². The van der Waals surface area contributed by atoms with Crippen LogP contribution in [0.3, 0.4) is 0 Å². The van der Waals surface area contributed by atoms with Crippen LogP contribution in [0.2, 0.25) is 0 Å². The average Bonchev–Trinajstić information content (AvgIpc) is 3.03. The largest absolute Gasteiger partial charge is 0.467 e. The van der Waals surface area contributed by atoms with Crippen molar-refractivity contribution in [2.75, 3.05) is 20.3 Å². The first-order valence-corrected chi connectivity index (χ1v) is 8.95. The highest BCUT2D eigenvalue weighted by Gasteiger charge is 2.62. The zero-order chi connectivity index (χ0) is 18.6. The molecule has 3 rings (SSSR count). The van der Waals surface area contributed by atoms with Crippen molar-refractivity contribution in [1.29, 1.82) is 0 Å². The van der Waals surface area contributed by atoms with Crippen LogP contribution >= 0.6 is 0 Å². The van der Waals surface area contributed by atoms with Gasteiger partial charge in [-0.15, -0.1) is 0 Å². The molecule has 1 heterocycles. The van der Waals surface area contributed by atoms with E-state index in [-0.39, 0.29) is 17.6 Å². The summed E-state index contributed by atoms with van der Waals surface area (Å²) in [6, 6.07) is 0. The smallest absolute Gasteiger partial charge is 0.338 e. The quantitative estimate of drug-likeness (QED) is 0.764. The topological polar surface area (TPSA) is 82.1 Å². The van der Waals surface area contributed by atoms with Gasteiger partial charge >= 0.3 is 5.97 Å². The summed E-state index contributed by atoms with van der Waals surface area (Å²) in [5, 5.41) is 10.8. The predicted octanol–water partition coefficient (Wildman–Crippen LogP) is 1.85. The molecular weight excluding hydrogens is 324 g/mol. The van der Waals surface area contributed by atoms with Gasteiger partial charge in [-0.2, -0.15) is 0 Å². The van der Waals surface area contributed by atoms with Gasteiger partial charge in [-0.3, -0.25) is 4.79 Å². The van der Waals surface area contributed by atoms with Crippen LogP contribution in [0.15, 0.2) is 11.6 Å². The van der Waals surface area contributed by atoms with Crippen LogP contribution in [0.5, 0.6) is 0 Å². The Hall–Kier alpha value is -1.24. The molecule has 0 aromatic heterocycles.